The number of aromatic nitrogens is 3. The number of piperidine rings is 1. The zero-order chi connectivity index (χ0) is 22.3. The second kappa shape index (κ2) is 7.85. The number of carbonyl (C=O) groups excluding carboxylic acids is 1. The summed E-state index contributed by atoms with van der Waals surface area (Å²) in [5, 5.41) is 4.80. The number of fused-ring (bicyclic) bond motifs is 1. The summed E-state index contributed by atoms with van der Waals surface area (Å²) in [5.74, 6) is 0.339. The van der Waals surface area contributed by atoms with Gasteiger partial charge in [0.05, 0.1) is 5.69 Å². The molecule has 0 saturated carbocycles. The highest BCUT2D eigenvalue weighted by molar-refractivity contribution is 5.94. The summed E-state index contributed by atoms with van der Waals surface area (Å²) < 4.78 is 39.4. The van der Waals surface area contributed by atoms with E-state index in [1.54, 1.807) is 24.3 Å². The van der Waals surface area contributed by atoms with Crippen LogP contribution in [0.5, 0.6) is 0 Å². The average molecular weight is 438 g/mol. The van der Waals surface area contributed by atoms with Crippen molar-refractivity contribution in [3.63, 3.8) is 0 Å². The van der Waals surface area contributed by atoms with Crippen LogP contribution in [0.3, 0.4) is 0 Å². The Morgan fingerprint density at radius 1 is 1.00 bits per heavy atom. The maximum atomic E-state index is 12.9. The van der Waals surface area contributed by atoms with Crippen molar-refractivity contribution in [2.45, 2.75) is 24.9 Å². The Balaban J connectivity index is 1.25. The summed E-state index contributed by atoms with van der Waals surface area (Å²) in [6.45, 7) is 1.33. The smallest absolute Gasteiger partial charge is 0.361 e. The lowest BCUT2D eigenvalue weighted by atomic mass is 9.89. The fourth-order valence-electron chi connectivity index (χ4n) is 4.38. The van der Waals surface area contributed by atoms with E-state index in [9.17, 15) is 18.0 Å². The molecule has 4 aromatic rings. The molecule has 8 heteroatoms. The highest BCUT2D eigenvalue weighted by Gasteiger charge is 2.33. The normalized spacial score (nSPS) is 15.4. The summed E-state index contributed by atoms with van der Waals surface area (Å²) in [4.78, 5) is 18.1. The number of H-pyrrole nitrogens is 1. The van der Waals surface area contributed by atoms with Crippen molar-refractivity contribution < 1.29 is 18.0 Å². The van der Waals surface area contributed by atoms with Crippen LogP contribution in [0, 0.1) is 0 Å². The van der Waals surface area contributed by atoms with Crippen LogP contribution in [0.15, 0.2) is 67.0 Å². The van der Waals surface area contributed by atoms with E-state index in [0.717, 1.165) is 29.1 Å². The molecule has 0 bridgehead atoms. The minimum atomic E-state index is -4.49. The van der Waals surface area contributed by atoms with Gasteiger partial charge in [-0.2, -0.15) is 18.3 Å². The molecule has 0 aliphatic carbocycles. The van der Waals surface area contributed by atoms with Gasteiger partial charge in [0.15, 0.2) is 5.69 Å². The number of benzene rings is 2. The number of para-hydroxylation sites is 1. The molecule has 2 aromatic carbocycles. The third-order valence-electron chi connectivity index (χ3n) is 6.10. The van der Waals surface area contributed by atoms with E-state index in [0.29, 0.717) is 30.3 Å². The summed E-state index contributed by atoms with van der Waals surface area (Å²) in [5.41, 5.74) is 2.46. The minimum Gasteiger partial charge on any atom is -0.361 e. The van der Waals surface area contributed by atoms with E-state index in [2.05, 4.69) is 28.4 Å². The molecule has 1 aliphatic rings. The molecule has 5 rings (SSSR count). The number of rotatable bonds is 3. The van der Waals surface area contributed by atoms with Crippen LogP contribution in [-0.2, 0) is 6.18 Å². The Kier molecular flexibility index (Phi) is 5.00. The van der Waals surface area contributed by atoms with E-state index < -0.39 is 11.9 Å². The molecular formula is C24H21F3N4O. The van der Waals surface area contributed by atoms with Crippen LogP contribution < -0.4 is 0 Å². The molecule has 1 N–H and O–H groups in total. The van der Waals surface area contributed by atoms with Gasteiger partial charge in [-0.3, -0.25) is 4.79 Å². The number of likely N-dealkylation sites (tertiary alicyclic amines) is 1. The molecule has 0 radical (unpaired) electrons. The van der Waals surface area contributed by atoms with Gasteiger partial charge in [0.1, 0.15) is 0 Å². The van der Waals surface area contributed by atoms with Crippen molar-refractivity contribution >= 4 is 16.8 Å². The number of hydrogen-bond donors (Lipinski definition) is 1. The van der Waals surface area contributed by atoms with Gasteiger partial charge in [0, 0.05) is 41.9 Å². The number of alkyl halides is 3. The van der Waals surface area contributed by atoms with Crippen molar-refractivity contribution in [1.82, 2.24) is 19.7 Å². The molecule has 1 fully saturated rings. The Hall–Kier alpha value is -3.55. The second-order valence-corrected chi connectivity index (χ2v) is 8.05. The molecule has 1 saturated heterocycles. The molecule has 1 amide bonds. The highest BCUT2D eigenvalue weighted by Crippen LogP contribution is 2.33. The molecule has 1 aliphatic heterocycles. The first-order valence-corrected chi connectivity index (χ1v) is 10.5. The number of nitrogens with one attached hydrogen (secondary N) is 1. The highest BCUT2D eigenvalue weighted by atomic mass is 19.4. The van der Waals surface area contributed by atoms with Gasteiger partial charge < -0.3 is 9.88 Å². The van der Waals surface area contributed by atoms with Gasteiger partial charge in [-0.05, 0) is 60.7 Å². The summed E-state index contributed by atoms with van der Waals surface area (Å²) in [6.07, 6.45) is 0.623. The lowest BCUT2D eigenvalue weighted by Crippen LogP contribution is -2.37. The number of nitrogens with zero attached hydrogens (tertiary/aromatic N) is 3. The number of amides is 1. The summed E-state index contributed by atoms with van der Waals surface area (Å²) in [6, 6.07) is 15.7. The lowest BCUT2D eigenvalue weighted by Gasteiger charge is -2.32. The van der Waals surface area contributed by atoms with E-state index >= 15 is 0 Å². The van der Waals surface area contributed by atoms with Crippen LogP contribution in [0.2, 0.25) is 0 Å². The first-order valence-electron chi connectivity index (χ1n) is 10.5. The first-order chi connectivity index (χ1) is 15.4. The largest absolute Gasteiger partial charge is 0.435 e. The van der Waals surface area contributed by atoms with Crippen molar-refractivity contribution in [2.24, 2.45) is 0 Å². The van der Waals surface area contributed by atoms with E-state index in [4.69, 9.17) is 0 Å². The third kappa shape index (κ3) is 3.77. The Labute approximate surface area is 182 Å². The molecular weight excluding hydrogens is 417 g/mol. The Morgan fingerprint density at radius 3 is 2.41 bits per heavy atom. The topological polar surface area (TPSA) is 53.9 Å². The number of halogens is 3. The van der Waals surface area contributed by atoms with E-state index in [1.165, 1.54) is 17.1 Å². The van der Waals surface area contributed by atoms with Crippen molar-refractivity contribution in [1.29, 1.82) is 0 Å². The predicted molar refractivity (Wildman–Crippen MR) is 115 cm³/mol. The predicted octanol–water partition coefficient (Wildman–Crippen LogP) is 5.39. The number of aromatic amines is 1. The van der Waals surface area contributed by atoms with Gasteiger partial charge in [0.25, 0.3) is 5.91 Å². The Bertz CT molecular complexity index is 1250. The maximum Gasteiger partial charge on any atom is 0.435 e. The van der Waals surface area contributed by atoms with Crippen molar-refractivity contribution in [3.05, 3.63) is 83.8 Å². The number of hydrogen-bond acceptors (Lipinski definition) is 2. The fourth-order valence-corrected chi connectivity index (χ4v) is 4.38. The number of carbonyl (C=O) groups is 1. The van der Waals surface area contributed by atoms with Crippen LogP contribution in [0.1, 0.15) is 40.4 Å². The maximum absolute atomic E-state index is 12.9. The zero-order valence-electron chi connectivity index (χ0n) is 17.1. The quantitative estimate of drug-likeness (QED) is 0.466. The van der Waals surface area contributed by atoms with Crippen LogP contribution in [-0.4, -0.2) is 38.7 Å². The molecule has 0 atom stereocenters. The van der Waals surface area contributed by atoms with Crippen LogP contribution in [0.25, 0.3) is 16.6 Å². The van der Waals surface area contributed by atoms with E-state index in [1.807, 2.05) is 17.0 Å². The van der Waals surface area contributed by atoms with Gasteiger partial charge in [0.2, 0.25) is 0 Å². The molecule has 0 spiro atoms. The monoisotopic (exact) mass is 438 g/mol. The zero-order valence-corrected chi connectivity index (χ0v) is 17.1. The van der Waals surface area contributed by atoms with Crippen molar-refractivity contribution in [3.8, 4) is 5.69 Å². The Morgan fingerprint density at radius 2 is 1.72 bits per heavy atom. The summed E-state index contributed by atoms with van der Waals surface area (Å²) >= 11 is 0. The minimum absolute atomic E-state index is 0.0645. The summed E-state index contributed by atoms with van der Waals surface area (Å²) in [7, 11) is 0. The van der Waals surface area contributed by atoms with Gasteiger partial charge in [-0.1, -0.05) is 18.2 Å². The van der Waals surface area contributed by atoms with Gasteiger partial charge >= 0.3 is 6.18 Å². The molecule has 32 heavy (non-hydrogen) atoms. The lowest BCUT2D eigenvalue weighted by molar-refractivity contribution is -0.141. The molecule has 2 aromatic heterocycles. The van der Waals surface area contributed by atoms with Crippen LogP contribution in [0.4, 0.5) is 13.2 Å². The van der Waals surface area contributed by atoms with Gasteiger partial charge in [-0.25, -0.2) is 4.68 Å². The SMILES string of the molecule is O=C(c1ccc(-n2ccc(C(F)(F)F)n2)cc1)N1CCC(c2c[nH]c3ccccc23)CC1. The molecule has 0 unspecified atom stereocenters. The van der Waals surface area contributed by atoms with Gasteiger partial charge in [-0.15, -0.1) is 0 Å². The molecule has 164 valence electrons. The van der Waals surface area contributed by atoms with Crippen molar-refractivity contribution in [2.75, 3.05) is 13.1 Å². The van der Waals surface area contributed by atoms with E-state index in [-0.39, 0.29) is 5.91 Å². The molecule has 5 nitrogen and oxygen atoms in total. The van der Waals surface area contributed by atoms with Crippen LogP contribution >= 0.6 is 0 Å². The average Bonchev–Trinajstić information content (AvgIpc) is 3.47. The second-order valence-electron chi connectivity index (χ2n) is 8.05. The fraction of sp³-hybridized carbons (Fsp3) is 0.250. The third-order valence-corrected chi connectivity index (χ3v) is 6.10. The molecule has 3 heterocycles. The first kappa shape index (κ1) is 20.4. The standard InChI is InChI=1S/C24H21F3N4O/c25-24(26,27)22-11-14-31(29-22)18-7-5-17(6-8-18)23(32)30-12-9-16(10-13-30)20-15-28-21-4-2-1-3-19(20)21/h1-8,11,14-16,28H,9-10,12-13H2.